The van der Waals surface area contributed by atoms with Gasteiger partial charge in [-0.15, -0.1) is 10.2 Å². The number of anilines is 1. The van der Waals surface area contributed by atoms with Crippen molar-refractivity contribution in [2.24, 2.45) is 0 Å². The number of benzene rings is 2. The van der Waals surface area contributed by atoms with Crippen LogP contribution in [-0.2, 0) is 11.3 Å². The number of thioether (sulfide) groups is 1. The van der Waals surface area contributed by atoms with E-state index in [-0.39, 0.29) is 11.7 Å². The third-order valence-corrected chi connectivity index (χ3v) is 5.41. The molecule has 1 N–H and O–H groups in total. The highest BCUT2D eigenvalue weighted by molar-refractivity contribution is 7.99. The first-order chi connectivity index (χ1) is 13.5. The Morgan fingerprint density at radius 2 is 1.86 bits per heavy atom. The summed E-state index contributed by atoms with van der Waals surface area (Å²) in [7, 11) is 1.64. The van der Waals surface area contributed by atoms with Crippen molar-refractivity contribution < 1.29 is 9.53 Å². The Labute approximate surface area is 169 Å². The van der Waals surface area contributed by atoms with Gasteiger partial charge in [0.05, 0.1) is 12.9 Å². The van der Waals surface area contributed by atoms with E-state index in [0.29, 0.717) is 6.54 Å². The number of ether oxygens (including phenoxy) is 1. The van der Waals surface area contributed by atoms with Crippen molar-refractivity contribution >= 4 is 23.4 Å². The molecule has 1 amide bonds. The van der Waals surface area contributed by atoms with Gasteiger partial charge in [0, 0.05) is 17.8 Å². The standard InChI is InChI=1S/C21H24N4O2S/c1-5-25-20(16-10-7-11-17(12-16)27-4)23-24-21(25)28-13-18(26)22-19-14(2)8-6-9-15(19)3/h6-12H,5,13H2,1-4H3,(H,22,26). The van der Waals surface area contributed by atoms with Gasteiger partial charge in [-0.2, -0.15) is 0 Å². The molecule has 0 atom stereocenters. The van der Waals surface area contributed by atoms with Crippen LogP contribution in [0.4, 0.5) is 5.69 Å². The first-order valence-corrected chi connectivity index (χ1v) is 10.1. The minimum Gasteiger partial charge on any atom is -0.497 e. The molecule has 3 aromatic rings. The smallest absolute Gasteiger partial charge is 0.234 e. The Balaban J connectivity index is 1.73. The molecule has 0 fully saturated rings. The monoisotopic (exact) mass is 396 g/mol. The third-order valence-electron chi connectivity index (χ3n) is 4.44. The van der Waals surface area contributed by atoms with E-state index in [1.54, 1.807) is 7.11 Å². The lowest BCUT2D eigenvalue weighted by Gasteiger charge is -2.11. The largest absolute Gasteiger partial charge is 0.497 e. The highest BCUT2D eigenvalue weighted by atomic mass is 32.2. The molecule has 0 radical (unpaired) electrons. The van der Waals surface area contributed by atoms with E-state index in [0.717, 1.165) is 39.1 Å². The summed E-state index contributed by atoms with van der Waals surface area (Å²) in [5, 5.41) is 12.3. The predicted octanol–water partition coefficient (Wildman–Crippen LogP) is 4.32. The van der Waals surface area contributed by atoms with Gasteiger partial charge in [0.2, 0.25) is 5.91 Å². The number of amides is 1. The fourth-order valence-electron chi connectivity index (χ4n) is 2.97. The van der Waals surface area contributed by atoms with E-state index >= 15 is 0 Å². The summed E-state index contributed by atoms with van der Waals surface area (Å²) in [5.74, 6) is 1.74. The number of methoxy groups -OCH3 is 1. The molecule has 0 bridgehead atoms. The number of nitrogens with one attached hydrogen (secondary N) is 1. The van der Waals surface area contributed by atoms with Gasteiger partial charge in [-0.25, -0.2) is 0 Å². The number of hydrogen-bond acceptors (Lipinski definition) is 5. The molecule has 6 nitrogen and oxygen atoms in total. The van der Waals surface area contributed by atoms with Gasteiger partial charge in [-0.1, -0.05) is 42.1 Å². The summed E-state index contributed by atoms with van der Waals surface area (Å²) in [4.78, 5) is 12.4. The van der Waals surface area contributed by atoms with Crippen molar-refractivity contribution in [1.82, 2.24) is 14.8 Å². The number of para-hydroxylation sites is 1. The predicted molar refractivity (Wildman–Crippen MR) is 113 cm³/mol. The number of rotatable bonds is 7. The summed E-state index contributed by atoms with van der Waals surface area (Å²) in [6, 6.07) is 13.7. The number of carbonyl (C=O) groups is 1. The summed E-state index contributed by atoms with van der Waals surface area (Å²) >= 11 is 1.38. The van der Waals surface area contributed by atoms with Crippen molar-refractivity contribution in [3.05, 3.63) is 53.6 Å². The molecule has 2 aromatic carbocycles. The van der Waals surface area contributed by atoms with Gasteiger partial charge in [0.15, 0.2) is 11.0 Å². The summed E-state index contributed by atoms with van der Waals surface area (Å²) < 4.78 is 7.30. The lowest BCUT2D eigenvalue weighted by atomic mass is 10.1. The Hall–Kier alpha value is -2.80. The SMILES string of the molecule is CCn1c(SCC(=O)Nc2c(C)cccc2C)nnc1-c1cccc(OC)c1. The lowest BCUT2D eigenvalue weighted by Crippen LogP contribution is -2.16. The molecule has 146 valence electrons. The van der Waals surface area contributed by atoms with Crippen molar-refractivity contribution in [3.8, 4) is 17.1 Å². The van der Waals surface area contributed by atoms with Crippen molar-refractivity contribution in [1.29, 1.82) is 0 Å². The van der Waals surface area contributed by atoms with Gasteiger partial charge in [-0.3, -0.25) is 4.79 Å². The van der Waals surface area contributed by atoms with Crippen LogP contribution < -0.4 is 10.1 Å². The van der Waals surface area contributed by atoms with Gasteiger partial charge in [-0.05, 0) is 44.0 Å². The minimum absolute atomic E-state index is 0.0593. The van der Waals surface area contributed by atoms with Crippen LogP contribution in [0.25, 0.3) is 11.4 Å². The van der Waals surface area contributed by atoms with Gasteiger partial charge < -0.3 is 14.6 Å². The van der Waals surface area contributed by atoms with E-state index < -0.39 is 0 Å². The normalized spacial score (nSPS) is 10.7. The van der Waals surface area contributed by atoms with Crippen LogP contribution in [-0.4, -0.2) is 33.5 Å². The molecule has 1 heterocycles. The Morgan fingerprint density at radius 3 is 2.54 bits per heavy atom. The molecule has 0 aliphatic rings. The van der Waals surface area contributed by atoms with E-state index in [2.05, 4.69) is 15.5 Å². The molecular weight excluding hydrogens is 372 g/mol. The highest BCUT2D eigenvalue weighted by Gasteiger charge is 2.15. The first kappa shape index (κ1) is 19.9. The summed E-state index contributed by atoms with van der Waals surface area (Å²) in [6.45, 7) is 6.72. The highest BCUT2D eigenvalue weighted by Crippen LogP contribution is 2.27. The van der Waals surface area contributed by atoms with Crippen LogP contribution in [0.1, 0.15) is 18.1 Å². The van der Waals surface area contributed by atoms with Crippen LogP contribution in [0, 0.1) is 13.8 Å². The van der Waals surface area contributed by atoms with Crippen LogP contribution in [0.5, 0.6) is 5.75 Å². The average Bonchev–Trinajstić information content (AvgIpc) is 3.12. The maximum absolute atomic E-state index is 12.4. The average molecular weight is 397 g/mol. The molecule has 3 rings (SSSR count). The zero-order valence-corrected chi connectivity index (χ0v) is 17.3. The van der Waals surface area contributed by atoms with Gasteiger partial charge in [0.25, 0.3) is 0 Å². The topological polar surface area (TPSA) is 69.0 Å². The van der Waals surface area contributed by atoms with Gasteiger partial charge >= 0.3 is 0 Å². The second-order valence-electron chi connectivity index (χ2n) is 6.39. The zero-order valence-electron chi connectivity index (χ0n) is 16.5. The van der Waals surface area contributed by atoms with E-state index in [4.69, 9.17) is 4.74 Å². The van der Waals surface area contributed by atoms with Crippen LogP contribution in [0.3, 0.4) is 0 Å². The number of carbonyl (C=O) groups excluding carboxylic acids is 1. The molecule has 0 saturated heterocycles. The number of aryl methyl sites for hydroxylation is 2. The third kappa shape index (κ3) is 4.36. The van der Waals surface area contributed by atoms with Crippen molar-refractivity contribution in [3.63, 3.8) is 0 Å². The van der Waals surface area contributed by atoms with Crippen molar-refractivity contribution in [2.45, 2.75) is 32.5 Å². The molecule has 1 aromatic heterocycles. The molecule has 0 unspecified atom stereocenters. The van der Waals surface area contributed by atoms with Gasteiger partial charge in [0.1, 0.15) is 5.75 Å². The Bertz CT molecular complexity index is 964. The molecular formula is C21H24N4O2S. The molecule has 28 heavy (non-hydrogen) atoms. The molecule has 0 spiro atoms. The quantitative estimate of drug-likeness (QED) is 0.602. The first-order valence-electron chi connectivity index (χ1n) is 9.10. The fourth-order valence-corrected chi connectivity index (χ4v) is 3.78. The summed E-state index contributed by atoms with van der Waals surface area (Å²) in [5.41, 5.74) is 3.91. The van der Waals surface area contributed by atoms with Crippen LogP contribution in [0.15, 0.2) is 47.6 Å². The van der Waals surface area contributed by atoms with E-state index in [1.807, 2.05) is 67.8 Å². The Morgan fingerprint density at radius 1 is 1.14 bits per heavy atom. The van der Waals surface area contributed by atoms with Crippen LogP contribution >= 0.6 is 11.8 Å². The second-order valence-corrected chi connectivity index (χ2v) is 7.33. The second kappa shape index (κ2) is 8.93. The molecule has 0 saturated carbocycles. The maximum Gasteiger partial charge on any atom is 0.234 e. The number of nitrogens with zero attached hydrogens (tertiary/aromatic N) is 3. The van der Waals surface area contributed by atoms with Crippen molar-refractivity contribution in [2.75, 3.05) is 18.2 Å². The fraction of sp³-hybridized carbons (Fsp3) is 0.286. The van der Waals surface area contributed by atoms with Crippen LogP contribution in [0.2, 0.25) is 0 Å². The van der Waals surface area contributed by atoms with E-state index in [9.17, 15) is 4.79 Å². The number of hydrogen-bond donors (Lipinski definition) is 1. The molecule has 0 aliphatic heterocycles. The summed E-state index contributed by atoms with van der Waals surface area (Å²) in [6.07, 6.45) is 0. The Kier molecular flexibility index (Phi) is 6.36. The lowest BCUT2D eigenvalue weighted by molar-refractivity contribution is -0.113. The zero-order chi connectivity index (χ0) is 20.1. The maximum atomic E-state index is 12.4. The molecule has 7 heteroatoms. The molecule has 0 aliphatic carbocycles. The van der Waals surface area contributed by atoms with E-state index in [1.165, 1.54) is 11.8 Å². The minimum atomic E-state index is -0.0593. The number of aromatic nitrogens is 3.